The van der Waals surface area contributed by atoms with Crippen LogP contribution >= 0.6 is 0 Å². The van der Waals surface area contributed by atoms with Crippen molar-refractivity contribution >= 4 is 0 Å². The zero-order valence-corrected chi connectivity index (χ0v) is 13.9. The number of rotatable bonds is 10. The molecule has 0 aliphatic heterocycles. The second kappa shape index (κ2) is 9.19. The smallest absolute Gasteiger partial charge is 0.122 e. The molecule has 20 heavy (non-hydrogen) atoms. The molecule has 0 unspecified atom stereocenters. The molecular formula is C17H32N2O. The molecule has 3 heteroatoms. The van der Waals surface area contributed by atoms with Gasteiger partial charge in [-0.2, -0.15) is 0 Å². The van der Waals surface area contributed by atoms with Gasteiger partial charge >= 0.3 is 0 Å². The summed E-state index contributed by atoms with van der Waals surface area (Å²) in [5.74, 6) is 2.60. The summed E-state index contributed by atoms with van der Waals surface area (Å²) in [6, 6.07) is 2.12. The van der Waals surface area contributed by atoms with Crippen molar-refractivity contribution in [2.45, 2.75) is 53.6 Å². The van der Waals surface area contributed by atoms with Gasteiger partial charge in [0.1, 0.15) is 5.76 Å². The molecule has 3 nitrogen and oxygen atoms in total. The average Bonchev–Trinajstić information content (AvgIpc) is 2.80. The second-order valence-electron chi connectivity index (χ2n) is 6.54. The summed E-state index contributed by atoms with van der Waals surface area (Å²) in [7, 11) is 1.96. The summed E-state index contributed by atoms with van der Waals surface area (Å²) in [5.41, 5.74) is 1.33. The Balaban J connectivity index is 2.59. The summed E-state index contributed by atoms with van der Waals surface area (Å²) >= 11 is 0. The highest BCUT2D eigenvalue weighted by atomic mass is 16.3. The SMILES string of the molecule is CNCc1occc1CN(CCC(C)C)CCC(C)C. The lowest BCUT2D eigenvalue weighted by Gasteiger charge is -2.24. The first-order valence-electron chi connectivity index (χ1n) is 7.95. The standard InChI is InChI=1S/C17H32N2O/c1-14(2)6-9-19(10-7-15(3)4)13-16-8-11-20-17(16)12-18-5/h8,11,14-15,18H,6-7,9-10,12-13H2,1-5H3. The van der Waals surface area contributed by atoms with Crippen LogP contribution < -0.4 is 5.32 Å². The van der Waals surface area contributed by atoms with Crippen LogP contribution in [0.3, 0.4) is 0 Å². The average molecular weight is 280 g/mol. The Morgan fingerprint density at radius 2 is 1.70 bits per heavy atom. The highest BCUT2D eigenvalue weighted by molar-refractivity contribution is 5.16. The molecule has 0 fully saturated rings. The van der Waals surface area contributed by atoms with Crippen molar-refractivity contribution < 1.29 is 4.42 Å². The topological polar surface area (TPSA) is 28.4 Å². The van der Waals surface area contributed by atoms with Crippen LogP contribution in [0, 0.1) is 11.8 Å². The maximum absolute atomic E-state index is 5.57. The van der Waals surface area contributed by atoms with Gasteiger partial charge in [-0.25, -0.2) is 0 Å². The molecule has 1 aromatic rings. The van der Waals surface area contributed by atoms with Crippen molar-refractivity contribution in [2.24, 2.45) is 11.8 Å². The van der Waals surface area contributed by atoms with Gasteiger partial charge in [0.05, 0.1) is 12.8 Å². The number of furan rings is 1. The molecule has 0 atom stereocenters. The first kappa shape index (κ1) is 17.3. The van der Waals surface area contributed by atoms with Crippen LogP contribution in [0.1, 0.15) is 51.9 Å². The predicted molar refractivity (Wildman–Crippen MR) is 85.7 cm³/mol. The summed E-state index contributed by atoms with van der Waals surface area (Å²) in [6.07, 6.45) is 4.33. The molecule has 0 spiro atoms. The number of nitrogens with zero attached hydrogens (tertiary/aromatic N) is 1. The highest BCUT2D eigenvalue weighted by Gasteiger charge is 2.12. The van der Waals surface area contributed by atoms with E-state index in [1.807, 2.05) is 13.3 Å². The second-order valence-corrected chi connectivity index (χ2v) is 6.54. The third kappa shape index (κ3) is 6.58. The van der Waals surface area contributed by atoms with E-state index < -0.39 is 0 Å². The van der Waals surface area contributed by atoms with Crippen LogP contribution in [0.15, 0.2) is 16.7 Å². The minimum Gasteiger partial charge on any atom is -0.468 e. The van der Waals surface area contributed by atoms with Crippen LogP contribution in [-0.4, -0.2) is 25.0 Å². The Kier molecular flexibility index (Phi) is 7.93. The van der Waals surface area contributed by atoms with Crippen LogP contribution in [0.25, 0.3) is 0 Å². The molecule has 0 bridgehead atoms. The van der Waals surface area contributed by atoms with E-state index in [0.717, 1.165) is 30.7 Å². The van der Waals surface area contributed by atoms with Crippen molar-refractivity contribution in [1.82, 2.24) is 10.2 Å². The van der Waals surface area contributed by atoms with E-state index >= 15 is 0 Å². The monoisotopic (exact) mass is 280 g/mol. The fourth-order valence-corrected chi connectivity index (χ4v) is 2.22. The van der Waals surface area contributed by atoms with Crippen LogP contribution in [0.4, 0.5) is 0 Å². The maximum atomic E-state index is 5.57. The van der Waals surface area contributed by atoms with E-state index in [0.29, 0.717) is 0 Å². The first-order valence-corrected chi connectivity index (χ1v) is 7.95. The molecule has 1 aromatic heterocycles. The minimum absolute atomic E-state index is 0.762. The van der Waals surface area contributed by atoms with Crippen LogP contribution in [0.5, 0.6) is 0 Å². The molecule has 1 rings (SSSR count). The number of hydrogen-bond acceptors (Lipinski definition) is 3. The molecule has 0 saturated heterocycles. The van der Waals surface area contributed by atoms with Crippen molar-refractivity contribution in [3.8, 4) is 0 Å². The van der Waals surface area contributed by atoms with Crippen molar-refractivity contribution in [2.75, 3.05) is 20.1 Å². The lowest BCUT2D eigenvalue weighted by atomic mass is 10.1. The molecular weight excluding hydrogens is 248 g/mol. The third-order valence-corrected chi connectivity index (χ3v) is 3.61. The van der Waals surface area contributed by atoms with Crippen molar-refractivity contribution in [3.05, 3.63) is 23.7 Å². The molecule has 0 amide bonds. The molecule has 0 aromatic carbocycles. The van der Waals surface area contributed by atoms with Crippen molar-refractivity contribution in [3.63, 3.8) is 0 Å². The normalized spacial score (nSPS) is 12.0. The summed E-state index contributed by atoms with van der Waals surface area (Å²) < 4.78 is 5.57. The van der Waals surface area contributed by atoms with Gasteiger partial charge in [-0.15, -0.1) is 0 Å². The highest BCUT2D eigenvalue weighted by Crippen LogP contribution is 2.15. The van der Waals surface area contributed by atoms with Gasteiger partial charge in [-0.05, 0) is 50.9 Å². The largest absolute Gasteiger partial charge is 0.468 e. The Hall–Kier alpha value is -0.800. The number of nitrogens with one attached hydrogen (secondary N) is 1. The Labute approximate surface area is 124 Å². The van der Waals surface area contributed by atoms with Gasteiger partial charge in [0.2, 0.25) is 0 Å². The van der Waals surface area contributed by atoms with Gasteiger partial charge in [-0.3, -0.25) is 4.90 Å². The van der Waals surface area contributed by atoms with Gasteiger partial charge in [0.15, 0.2) is 0 Å². The zero-order valence-electron chi connectivity index (χ0n) is 13.9. The van der Waals surface area contributed by atoms with Gasteiger partial charge in [-0.1, -0.05) is 27.7 Å². The molecule has 116 valence electrons. The summed E-state index contributed by atoms with van der Waals surface area (Å²) in [6.45, 7) is 13.4. The van der Waals surface area contributed by atoms with E-state index in [1.165, 1.54) is 31.5 Å². The Morgan fingerprint density at radius 3 is 2.20 bits per heavy atom. The fraction of sp³-hybridized carbons (Fsp3) is 0.765. The van der Waals surface area contributed by atoms with E-state index in [-0.39, 0.29) is 0 Å². The summed E-state index contributed by atoms with van der Waals surface area (Å²) in [5, 5.41) is 3.17. The van der Waals surface area contributed by atoms with E-state index in [2.05, 4.69) is 44.0 Å². The van der Waals surface area contributed by atoms with Crippen LogP contribution in [-0.2, 0) is 13.1 Å². The zero-order chi connectivity index (χ0) is 15.0. The Bertz CT molecular complexity index is 346. The van der Waals surface area contributed by atoms with Gasteiger partial charge < -0.3 is 9.73 Å². The molecule has 0 saturated carbocycles. The maximum Gasteiger partial charge on any atom is 0.122 e. The first-order chi connectivity index (χ1) is 9.52. The third-order valence-electron chi connectivity index (χ3n) is 3.61. The van der Waals surface area contributed by atoms with Gasteiger partial charge in [0, 0.05) is 12.1 Å². The van der Waals surface area contributed by atoms with E-state index in [1.54, 1.807) is 0 Å². The van der Waals surface area contributed by atoms with Crippen LogP contribution in [0.2, 0.25) is 0 Å². The van der Waals surface area contributed by atoms with Gasteiger partial charge in [0.25, 0.3) is 0 Å². The summed E-state index contributed by atoms with van der Waals surface area (Å²) in [4.78, 5) is 2.57. The molecule has 1 N–H and O–H groups in total. The van der Waals surface area contributed by atoms with E-state index in [4.69, 9.17) is 4.42 Å². The minimum atomic E-state index is 0.762. The lowest BCUT2D eigenvalue weighted by molar-refractivity contribution is 0.234. The fourth-order valence-electron chi connectivity index (χ4n) is 2.22. The van der Waals surface area contributed by atoms with Crippen molar-refractivity contribution in [1.29, 1.82) is 0 Å². The molecule has 0 aliphatic carbocycles. The molecule has 0 aliphatic rings. The molecule has 1 heterocycles. The lowest BCUT2D eigenvalue weighted by Crippen LogP contribution is -2.27. The Morgan fingerprint density at radius 1 is 1.10 bits per heavy atom. The van der Waals surface area contributed by atoms with E-state index in [9.17, 15) is 0 Å². The molecule has 0 radical (unpaired) electrons. The number of hydrogen-bond donors (Lipinski definition) is 1. The quantitative estimate of drug-likeness (QED) is 0.705. The predicted octanol–water partition coefficient (Wildman–Crippen LogP) is 3.89.